The van der Waals surface area contributed by atoms with Crippen LogP contribution < -0.4 is 5.32 Å². The molecule has 1 rings (SSSR count). The molecule has 0 saturated carbocycles. The van der Waals surface area contributed by atoms with E-state index in [4.69, 9.17) is 0 Å². The molecule has 0 aromatic carbocycles. The number of carbonyl (C=O) groups excluding carboxylic acids is 2. The Morgan fingerprint density at radius 3 is 1.77 bits per heavy atom. The zero-order valence-electron chi connectivity index (χ0n) is 7.70. The second-order valence-electron chi connectivity index (χ2n) is 2.90. The first-order valence-electron chi connectivity index (χ1n) is 4.10. The quantitative estimate of drug-likeness (QED) is 0.588. The highest BCUT2D eigenvalue weighted by atomic mass is 16.5. The maximum atomic E-state index is 11.0. The lowest BCUT2D eigenvalue weighted by Gasteiger charge is -2.10. The fourth-order valence-corrected chi connectivity index (χ4v) is 1.40. The first-order valence-corrected chi connectivity index (χ1v) is 4.10. The highest BCUT2D eigenvalue weighted by molar-refractivity contribution is 5.81. The van der Waals surface area contributed by atoms with E-state index in [1.807, 2.05) is 0 Å². The smallest absolute Gasteiger partial charge is 0.322 e. The van der Waals surface area contributed by atoms with Gasteiger partial charge in [0.05, 0.1) is 14.2 Å². The molecule has 0 unspecified atom stereocenters. The van der Waals surface area contributed by atoms with Gasteiger partial charge in [0.15, 0.2) is 0 Å². The zero-order chi connectivity index (χ0) is 9.84. The van der Waals surface area contributed by atoms with Gasteiger partial charge in [-0.15, -0.1) is 0 Å². The van der Waals surface area contributed by atoms with Crippen LogP contribution in [-0.4, -0.2) is 38.2 Å². The van der Waals surface area contributed by atoms with Crippen molar-refractivity contribution in [2.45, 2.75) is 24.9 Å². The summed E-state index contributed by atoms with van der Waals surface area (Å²) in [6.07, 6.45) is 1.24. The monoisotopic (exact) mass is 187 g/mol. The van der Waals surface area contributed by atoms with Gasteiger partial charge in [0.25, 0.3) is 0 Å². The Balaban J connectivity index is 2.44. The van der Waals surface area contributed by atoms with Gasteiger partial charge < -0.3 is 9.47 Å². The normalized spacial score (nSPS) is 26.9. The van der Waals surface area contributed by atoms with E-state index in [1.54, 1.807) is 0 Å². The van der Waals surface area contributed by atoms with E-state index in [1.165, 1.54) is 14.2 Å². The van der Waals surface area contributed by atoms with Crippen LogP contribution in [0.15, 0.2) is 0 Å². The fraction of sp³-hybridized carbons (Fsp3) is 0.750. The van der Waals surface area contributed by atoms with Gasteiger partial charge in [-0.05, 0) is 12.8 Å². The number of ether oxygens (including phenoxy) is 2. The molecule has 2 atom stereocenters. The summed E-state index contributed by atoms with van der Waals surface area (Å²) >= 11 is 0. The van der Waals surface area contributed by atoms with Gasteiger partial charge in [-0.3, -0.25) is 14.9 Å². The third kappa shape index (κ3) is 2.18. The van der Waals surface area contributed by atoms with Crippen LogP contribution >= 0.6 is 0 Å². The first-order chi connectivity index (χ1) is 6.19. The molecular weight excluding hydrogens is 174 g/mol. The predicted molar refractivity (Wildman–Crippen MR) is 44.0 cm³/mol. The Morgan fingerprint density at radius 2 is 1.46 bits per heavy atom. The molecule has 0 radical (unpaired) electrons. The van der Waals surface area contributed by atoms with Crippen molar-refractivity contribution in [3.63, 3.8) is 0 Å². The van der Waals surface area contributed by atoms with Crippen LogP contribution in [0.3, 0.4) is 0 Å². The topological polar surface area (TPSA) is 64.6 Å². The van der Waals surface area contributed by atoms with E-state index < -0.39 is 0 Å². The Labute approximate surface area is 76.4 Å². The minimum absolute atomic E-state index is 0.327. The highest BCUT2D eigenvalue weighted by Gasteiger charge is 2.34. The highest BCUT2D eigenvalue weighted by Crippen LogP contribution is 2.14. The van der Waals surface area contributed by atoms with Gasteiger partial charge >= 0.3 is 11.9 Å². The van der Waals surface area contributed by atoms with Gasteiger partial charge in [0.2, 0.25) is 0 Å². The van der Waals surface area contributed by atoms with E-state index in [9.17, 15) is 9.59 Å². The molecule has 13 heavy (non-hydrogen) atoms. The van der Waals surface area contributed by atoms with Crippen molar-refractivity contribution in [1.29, 1.82) is 0 Å². The standard InChI is InChI=1S/C8H13NO4/c1-12-7(10)5-3-4-6(9-5)8(11)13-2/h5-6,9H,3-4H2,1-2H3/t5-,6-/m0/s1. The van der Waals surface area contributed by atoms with Crippen LogP contribution in [0.4, 0.5) is 0 Å². The molecule has 1 aliphatic heterocycles. The van der Waals surface area contributed by atoms with Gasteiger partial charge in [0, 0.05) is 0 Å². The summed E-state index contributed by atoms with van der Waals surface area (Å²) in [5.74, 6) is -0.655. The first kappa shape index (κ1) is 9.98. The minimum atomic E-state index is -0.367. The predicted octanol–water partition coefficient (Wildman–Crippen LogP) is -0.547. The molecule has 0 amide bonds. The Hall–Kier alpha value is -1.10. The molecule has 1 heterocycles. The van der Waals surface area contributed by atoms with E-state index >= 15 is 0 Å². The summed E-state index contributed by atoms with van der Waals surface area (Å²) in [4.78, 5) is 22.1. The van der Waals surface area contributed by atoms with E-state index in [-0.39, 0.29) is 24.0 Å². The number of esters is 2. The van der Waals surface area contributed by atoms with Crippen molar-refractivity contribution in [3.8, 4) is 0 Å². The molecule has 5 nitrogen and oxygen atoms in total. The molecule has 0 aliphatic carbocycles. The molecule has 1 N–H and O–H groups in total. The largest absolute Gasteiger partial charge is 0.468 e. The SMILES string of the molecule is COC(=O)[C@@H]1CC[C@@H](C(=O)OC)N1. The third-order valence-electron chi connectivity index (χ3n) is 2.12. The fourth-order valence-electron chi connectivity index (χ4n) is 1.40. The number of hydrogen-bond acceptors (Lipinski definition) is 5. The van der Waals surface area contributed by atoms with Crippen LogP contribution in [-0.2, 0) is 19.1 Å². The molecule has 0 bridgehead atoms. The summed E-state index contributed by atoms with van der Waals surface area (Å²) in [6.45, 7) is 0. The Bertz CT molecular complexity index is 194. The number of hydrogen-bond donors (Lipinski definition) is 1. The van der Waals surface area contributed by atoms with E-state index in [0.717, 1.165) is 0 Å². The third-order valence-corrected chi connectivity index (χ3v) is 2.12. The zero-order valence-corrected chi connectivity index (χ0v) is 7.70. The van der Waals surface area contributed by atoms with Gasteiger partial charge in [-0.2, -0.15) is 0 Å². The van der Waals surface area contributed by atoms with Crippen molar-refractivity contribution in [1.82, 2.24) is 5.32 Å². The minimum Gasteiger partial charge on any atom is -0.468 e. The van der Waals surface area contributed by atoms with Crippen LogP contribution in [0.1, 0.15) is 12.8 Å². The lowest BCUT2D eigenvalue weighted by molar-refractivity contribution is -0.144. The summed E-state index contributed by atoms with van der Waals surface area (Å²) in [7, 11) is 2.66. The molecule has 1 saturated heterocycles. The number of nitrogens with one attached hydrogen (secondary N) is 1. The maximum absolute atomic E-state index is 11.0. The van der Waals surface area contributed by atoms with Crippen molar-refractivity contribution >= 4 is 11.9 Å². The lowest BCUT2D eigenvalue weighted by Crippen LogP contribution is -2.40. The molecule has 5 heteroatoms. The number of carbonyl (C=O) groups is 2. The Kier molecular flexibility index (Phi) is 3.25. The van der Waals surface area contributed by atoms with Crippen LogP contribution in [0.5, 0.6) is 0 Å². The summed E-state index contributed by atoms with van der Waals surface area (Å²) in [6, 6.07) is -0.733. The van der Waals surface area contributed by atoms with Gasteiger partial charge in [-0.1, -0.05) is 0 Å². The maximum Gasteiger partial charge on any atom is 0.322 e. The van der Waals surface area contributed by atoms with Crippen LogP contribution in [0.2, 0.25) is 0 Å². The Morgan fingerprint density at radius 1 is 1.08 bits per heavy atom. The molecule has 1 aliphatic rings. The summed E-state index contributed by atoms with van der Waals surface area (Å²) in [5.41, 5.74) is 0. The van der Waals surface area contributed by atoms with Crippen LogP contribution in [0, 0.1) is 0 Å². The molecule has 1 fully saturated rings. The van der Waals surface area contributed by atoms with Crippen molar-refractivity contribution in [3.05, 3.63) is 0 Å². The number of methoxy groups -OCH3 is 2. The molecular formula is C8H13NO4. The molecule has 0 aromatic rings. The van der Waals surface area contributed by atoms with Crippen molar-refractivity contribution in [2.24, 2.45) is 0 Å². The second-order valence-corrected chi connectivity index (χ2v) is 2.90. The summed E-state index contributed by atoms with van der Waals surface area (Å²) in [5, 5.41) is 2.84. The summed E-state index contributed by atoms with van der Waals surface area (Å²) < 4.78 is 9.08. The van der Waals surface area contributed by atoms with E-state index in [2.05, 4.69) is 14.8 Å². The van der Waals surface area contributed by atoms with Crippen molar-refractivity contribution < 1.29 is 19.1 Å². The molecule has 74 valence electrons. The second kappa shape index (κ2) is 4.23. The van der Waals surface area contributed by atoms with E-state index in [0.29, 0.717) is 12.8 Å². The van der Waals surface area contributed by atoms with Crippen molar-refractivity contribution in [2.75, 3.05) is 14.2 Å². The van der Waals surface area contributed by atoms with Crippen LogP contribution in [0.25, 0.3) is 0 Å². The number of rotatable bonds is 2. The molecule has 0 spiro atoms. The van der Waals surface area contributed by atoms with Gasteiger partial charge in [0.1, 0.15) is 12.1 Å². The molecule has 0 aromatic heterocycles. The van der Waals surface area contributed by atoms with Gasteiger partial charge in [-0.25, -0.2) is 0 Å². The average Bonchev–Trinajstić information content (AvgIpc) is 2.64. The average molecular weight is 187 g/mol. The lowest BCUT2D eigenvalue weighted by atomic mass is 10.2.